The van der Waals surface area contributed by atoms with Gasteiger partial charge in [-0.25, -0.2) is 0 Å². The van der Waals surface area contributed by atoms with Gasteiger partial charge >= 0.3 is 0 Å². The lowest BCUT2D eigenvalue weighted by Crippen LogP contribution is -2.64. The van der Waals surface area contributed by atoms with Crippen molar-refractivity contribution < 1.29 is 0 Å². The van der Waals surface area contributed by atoms with Crippen LogP contribution in [0.5, 0.6) is 0 Å². The second-order valence-corrected chi connectivity index (χ2v) is 18.5. The molecule has 33 heavy (non-hydrogen) atoms. The molecule has 0 atom stereocenters. The molecule has 0 radical (unpaired) electrons. The van der Waals surface area contributed by atoms with E-state index in [1.54, 1.807) is 21.5 Å². The van der Waals surface area contributed by atoms with Gasteiger partial charge in [0.1, 0.15) is 0 Å². The van der Waals surface area contributed by atoms with Gasteiger partial charge in [-0.1, -0.05) is 110 Å². The van der Waals surface area contributed by atoms with Gasteiger partial charge in [-0.3, -0.25) is 0 Å². The summed E-state index contributed by atoms with van der Waals surface area (Å²) >= 11 is 2.38. The summed E-state index contributed by atoms with van der Waals surface area (Å²) in [7, 11) is -2.20. The van der Waals surface area contributed by atoms with Crippen molar-refractivity contribution in [2.75, 3.05) is 0 Å². The molecule has 1 spiro atoms. The molecule has 172 valence electrons. The normalized spacial score (nSPS) is 20.7. The van der Waals surface area contributed by atoms with Crippen LogP contribution in [0.4, 0.5) is 0 Å². The summed E-state index contributed by atoms with van der Waals surface area (Å²) in [6.45, 7) is 24.1. The average Bonchev–Trinajstić information content (AvgIpc) is 3.36. The molecule has 0 aromatic heterocycles. The van der Waals surface area contributed by atoms with E-state index in [1.807, 2.05) is 0 Å². The summed E-state index contributed by atoms with van der Waals surface area (Å²) in [5.41, 5.74) is 12.0. The predicted molar refractivity (Wildman–Crippen MR) is 149 cm³/mol. The van der Waals surface area contributed by atoms with E-state index >= 15 is 0 Å². The number of fused-ring (bicyclic) bond motifs is 1. The van der Waals surface area contributed by atoms with Crippen LogP contribution in [0.3, 0.4) is 0 Å². The zero-order valence-corrected chi connectivity index (χ0v) is 23.8. The smallest absolute Gasteiger partial charge is 0.165 e. The van der Waals surface area contributed by atoms with Gasteiger partial charge in [-0.2, -0.15) is 11.2 Å². The Morgan fingerprint density at radius 1 is 0.576 bits per heavy atom. The fourth-order valence-corrected chi connectivity index (χ4v) is 23.3. The predicted octanol–water partition coefficient (Wildman–Crippen LogP) is 6.89. The minimum atomic E-state index is -2.20. The van der Waals surface area contributed by atoms with Gasteiger partial charge in [-0.15, -0.1) is 0 Å². The first-order valence-corrected chi connectivity index (χ1v) is 15.8. The highest BCUT2D eigenvalue weighted by molar-refractivity contribution is 8.47. The Hall–Kier alpha value is -1.77. The molecule has 1 fully saturated rings. The van der Waals surface area contributed by atoms with Crippen LogP contribution in [0.1, 0.15) is 72.2 Å². The number of aryl methyl sites for hydroxylation is 6. The van der Waals surface area contributed by atoms with Crippen molar-refractivity contribution in [1.82, 2.24) is 0 Å². The standard InChI is InChI=1S/C31H38SSi/c1-19-15-21(3)27(22(4)16-19)33(28-23(5)17-20(2)18-24(28)6)31(32-33)29(7,8)25-13-11-12-14-26(25)30(31,9)10/h11-18H,1-10H3. The van der Waals surface area contributed by atoms with Gasteiger partial charge in [0.2, 0.25) is 0 Å². The topological polar surface area (TPSA) is 0 Å². The third-order valence-electron chi connectivity index (χ3n) is 8.85. The molecule has 3 aromatic carbocycles. The van der Waals surface area contributed by atoms with Crippen LogP contribution >= 0.6 is 11.2 Å². The van der Waals surface area contributed by atoms with Gasteiger partial charge in [0.15, 0.2) is 7.22 Å². The van der Waals surface area contributed by atoms with Gasteiger partial charge < -0.3 is 0 Å². The third kappa shape index (κ3) is 2.60. The highest BCUT2D eigenvalue weighted by Crippen LogP contribution is 2.78. The number of rotatable bonds is 2. The minimum Gasteiger partial charge on any atom is -0.165 e. The average molecular weight is 471 g/mol. The highest BCUT2D eigenvalue weighted by Gasteiger charge is 2.86. The molecular weight excluding hydrogens is 432 g/mol. The molecular formula is C31H38SSi. The molecule has 2 aliphatic rings. The molecule has 0 saturated carbocycles. The molecule has 0 bridgehead atoms. The zero-order valence-electron chi connectivity index (χ0n) is 22.0. The van der Waals surface area contributed by atoms with E-state index in [9.17, 15) is 0 Å². The maximum atomic E-state index is 2.54. The molecule has 1 aliphatic heterocycles. The van der Waals surface area contributed by atoms with Crippen molar-refractivity contribution in [1.29, 1.82) is 0 Å². The summed E-state index contributed by atoms with van der Waals surface area (Å²) in [4.78, 5) is 0. The maximum Gasteiger partial charge on any atom is 0.196 e. The van der Waals surface area contributed by atoms with E-state index in [4.69, 9.17) is 0 Å². The molecule has 0 nitrogen and oxygen atoms in total. The molecule has 2 heteroatoms. The quantitative estimate of drug-likeness (QED) is 0.290. The summed E-state index contributed by atoms with van der Waals surface area (Å²) in [5, 5.41) is 3.37. The molecule has 0 amide bonds. The molecule has 3 aromatic rings. The minimum absolute atomic E-state index is 0.0948. The summed E-state index contributed by atoms with van der Waals surface area (Å²) in [6.07, 6.45) is 0. The Kier molecular flexibility index (Phi) is 4.80. The Morgan fingerprint density at radius 3 is 1.24 bits per heavy atom. The number of hydrogen-bond acceptors (Lipinski definition) is 1. The molecule has 5 rings (SSSR count). The summed E-state index contributed by atoms with van der Waals surface area (Å²) in [5.74, 6) is 0. The van der Waals surface area contributed by atoms with Crippen LogP contribution in [-0.4, -0.2) is 11.6 Å². The van der Waals surface area contributed by atoms with Crippen molar-refractivity contribution in [3.63, 3.8) is 0 Å². The van der Waals surface area contributed by atoms with E-state index in [0.717, 1.165) is 0 Å². The lowest BCUT2D eigenvalue weighted by molar-refractivity contribution is 0.386. The van der Waals surface area contributed by atoms with E-state index in [0.29, 0.717) is 0 Å². The first-order chi connectivity index (χ1) is 15.3. The lowest BCUT2D eigenvalue weighted by Gasteiger charge is -2.41. The highest BCUT2D eigenvalue weighted by atomic mass is 32.4. The SMILES string of the molecule is Cc1cc(C)c([Si]2(c3c(C)cc(C)cc3C)SC23C(C)(C)c2ccccc2C3(C)C)c(C)c1. The number of benzene rings is 3. The first kappa shape index (κ1) is 23.0. The second kappa shape index (κ2) is 6.89. The molecule has 0 unspecified atom stereocenters. The third-order valence-corrected chi connectivity index (χ3v) is 19.9. The van der Waals surface area contributed by atoms with Crippen molar-refractivity contribution in [2.45, 2.75) is 84.4 Å². The van der Waals surface area contributed by atoms with E-state index in [-0.39, 0.29) is 15.2 Å². The van der Waals surface area contributed by atoms with Crippen LogP contribution in [0.25, 0.3) is 0 Å². The summed E-state index contributed by atoms with van der Waals surface area (Å²) < 4.78 is 0.173. The van der Waals surface area contributed by atoms with Gasteiger partial charge in [-0.05, 0) is 63.0 Å². The largest absolute Gasteiger partial charge is 0.196 e. The Morgan fingerprint density at radius 2 is 0.909 bits per heavy atom. The van der Waals surface area contributed by atoms with Crippen molar-refractivity contribution in [3.8, 4) is 0 Å². The van der Waals surface area contributed by atoms with Crippen LogP contribution in [0.2, 0.25) is 0 Å². The fraction of sp³-hybridized carbons (Fsp3) is 0.419. The van der Waals surface area contributed by atoms with Crippen molar-refractivity contribution in [3.05, 3.63) is 93.0 Å². The Bertz CT molecular complexity index is 1170. The van der Waals surface area contributed by atoms with Crippen LogP contribution in [0.15, 0.2) is 48.5 Å². The van der Waals surface area contributed by atoms with Crippen LogP contribution in [0, 0.1) is 41.5 Å². The van der Waals surface area contributed by atoms with Crippen molar-refractivity contribution >= 4 is 28.8 Å². The molecule has 0 N–H and O–H groups in total. The monoisotopic (exact) mass is 470 g/mol. The van der Waals surface area contributed by atoms with Gasteiger partial charge in [0.05, 0.1) is 0 Å². The maximum absolute atomic E-state index is 2.54. The summed E-state index contributed by atoms with van der Waals surface area (Å²) in [6, 6.07) is 19.1. The van der Waals surface area contributed by atoms with Gasteiger partial charge in [0, 0.05) is 15.2 Å². The molecule has 1 saturated heterocycles. The first-order valence-electron chi connectivity index (χ1n) is 12.3. The number of hydrogen-bond donors (Lipinski definition) is 0. The van der Waals surface area contributed by atoms with E-state index in [1.165, 1.54) is 33.4 Å². The zero-order chi connectivity index (χ0) is 24.1. The Balaban J connectivity index is 1.94. The van der Waals surface area contributed by atoms with Crippen molar-refractivity contribution in [2.24, 2.45) is 0 Å². The molecule has 1 aliphatic carbocycles. The van der Waals surface area contributed by atoms with Crippen LogP contribution in [-0.2, 0) is 10.8 Å². The Labute approximate surface area is 205 Å². The molecule has 1 heterocycles. The van der Waals surface area contributed by atoms with E-state index in [2.05, 4.69) is 129 Å². The second-order valence-electron chi connectivity index (χ2n) is 11.8. The van der Waals surface area contributed by atoms with Crippen LogP contribution < -0.4 is 10.4 Å². The fourth-order valence-electron chi connectivity index (χ4n) is 8.12. The van der Waals surface area contributed by atoms with Gasteiger partial charge in [0.25, 0.3) is 0 Å². The van der Waals surface area contributed by atoms with E-state index < -0.39 is 7.22 Å². The lowest BCUT2D eigenvalue weighted by atomic mass is 9.80.